The van der Waals surface area contributed by atoms with Crippen molar-refractivity contribution < 1.29 is 4.52 Å². The first-order chi connectivity index (χ1) is 6.07. The number of benzene rings is 1. The zero-order valence-corrected chi connectivity index (χ0v) is 8.03. The molecule has 0 aliphatic rings. The van der Waals surface area contributed by atoms with Crippen LogP contribution in [0.3, 0.4) is 0 Å². The van der Waals surface area contributed by atoms with E-state index in [9.17, 15) is 0 Å². The van der Waals surface area contributed by atoms with Crippen molar-refractivity contribution in [3.05, 3.63) is 23.8 Å². The second-order valence-electron chi connectivity index (χ2n) is 4.21. The molecule has 2 rings (SSSR count). The van der Waals surface area contributed by atoms with E-state index < -0.39 is 0 Å². The lowest BCUT2D eigenvalue weighted by Crippen LogP contribution is -2.10. The summed E-state index contributed by atoms with van der Waals surface area (Å²) in [4.78, 5) is 0. The first-order valence-corrected chi connectivity index (χ1v) is 4.30. The number of hydrogen-bond donors (Lipinski definition) is 0. The molecule has 0 bridgehead atoms. The van der Waals surface area contributed by atoms with Gasteiger partial charge in [0.2, 0.25) is 0 Å². The van der Waals surface area contributed by atoms with Gasteiger partial charge in [-0.25, -0.2) is 0 Å². The average molecular weight is 176 g/mol. The summed E-state index contributed by atoms with van der Waals surface area (Å²) in [7, 11) is 0. The highest BCUT2D eigenvalue weighted by atomic mass is 16.5. The molecule has 0 amide bonds. The number of nitrogens with zero attached hydrogens (tertiary/aromatic N) is 2. The van der Waals surface area contributed by atoms with E-state index >= 15 is 0 Å². The minimum absolute atomic E-state index is 0.146. The lowest BCUT2D eigenvalue weighted by Gasteiger charge is -2.18. The van der Waals surface area contributed by atoms with Crippen molar-refractivity contribution >= 4 is 11.1 Å². The summed E-state index contributed by atoms with van der Waals surface area (Å²) >= 11 is 0. The molecule has 0 atom stereocenters. The number of rotatable bonds is 0. The molecule has 1 aromatic heterocycles. The molecule has 0 aliphatic heterocycles. The Hall–Kier alpha value is -1.38. The average Bonchev–Trinajstić information content (AvgIpc) is 2.47. The van der Waals surface area contributed by atoms with Crippen LogP contribution in [0, 0.1) is 0 Å². The van der Waals surface area contributed by atoms with Gasteiger partial charge < -0.3 is 4.52 Å². The van der Waals surface area contributed by atoms with Gasteiger partial charge in [-0.05, 0) is 23.1 Å². The molecule has 0 unspecified atom stereocenters. The molecular weight excluding hydrogens is 164 g/mol. The molecule has 3 heteroatoms. The lowest BCUT2D eigenvalue weighted by molar-refractivity contribution is 0.424. The maximum absolute atomic E-state index is 4.92. The Balaban J connectivity index is 2.61. The number of fused-ring (bicyclic) bond motifs is 1. The fourth-order valence-corrected chi connectivity index (χ4v) is 1.25. The van der Waals surface area contributed by atoms with Crippen LogP contribution in [0.25, 0.3) is 11.1 Å². The highest BCUT2D eigenvalue weighted by molar-refractivity contribution is 5.72. The molecular formula is C10H12N2O. The van der Waals surface area contributed by atoms with Gasteiger partial charge in [0.25, 0.3) is 0 Å². The van der Waals surface area contributed by atoms with Crippen molar-refractivity contribution in [3.8, 4) is 0 Å². The van der Waals surface area contributed by atoms with Crippen LogP contribution >= 0.6 is 0 Å². The second-order valence-corrected chi connectivity index (χ2v) is 4.21. The van der Waals surface area contributed by atoms with Gasteiger partial charge in [0.15, 0.2) is 5.58 Å². The Bertz CT molecular complexity index is 426. The maximum atomic E-state index is 4.92. The van der Waals surface area contributed by atoms with Crippen LogP contribution in [-0.4, -0.2) is 10.4 Å². The molecule has 0 radical (unpaired) electrons. The number of hydrogen-bond acceptors (Lipinski definition) is 3. The monoisotopic (exact) mass is 176 g/mol. The molecule has 0 fully saturated rings. The highest BCUT2D eigenvalue weighted by Crippen LogP contribution is 2.24. The minimum Gasteiger partial charge on any atom is -0.337 e. The van der Waals surface area contributed by atoms with Gasteiger partial charge in [-0.2, -0.15) is 0 Å². The Morgan fingerprint density at radius 2 is 2.00 bits per heavy atom. The summed E-state index contributed by atoms with van der Waals surface area (Å²) in [5.41, 5.74) is 2.96. The molecule has 0 spiro atoms. The third-order valence-corrected chi connectivity index (χ3v) is 2.11. The van der Waals surface area contributed by atoms with E-state index in [4.69, 9.17) is 4.52 Å². The molecule has 2 aromatic rings. The molecule has 13 heavy (non-hydrogen) atoms. The van der Waals surface area contributed by atoms with Crippen molar-refractivity contribution in [2.75, 3.05) is 0 Å². The summed E-state index contributed by atoms with van der Waals surface area (Å²) in [5, 5.41) is 7.38. The topological polar surface area (TPSA) is 38.9 Å². The first kappa shape index (κ1) is 8.23. The summed E-state index contributed by atoms with van der Waals surface area (Å²) in [6.07, 6.45) is 0. The maximum Gasteiger partial charge on any atom is 0.187 e. The van der Waals surface area contributed by atoms with Gasteiger partial charge in [0, 0.05) is 5.27 Å². The molecule has 0 saturated carbocycles. The Kier molecular flexibility index (Phi) is 1.62. The number of aromatic nitrogens is 2. The highest BCUT2D eigenvalue weighted by Gasteiger charge is 2.14. The van der Waals surface area contributed by atoms with Gasteiger partial charge in [-0.15, -0.1) is 5.10 Å². The van der Waals surface area contributed by atoms with Crippen LogP contribution in [-0.2, 0) is 5.41 Å². The van der Waals surface area contributed by atoms with Crippen LogP contribution in [0.2, 0.25) is 0 Å². The third-order valence-electron chi connectivity index (χ3n) is 2.11. The zero-order chi connectivity index (χ0) is 9.47. The molecule has 0 saturated heterocycles. The summed E-state index contributed by atoms with van der Waals surface area (Å²) in [5.74, 6) is 0. The van der Waals surface area contributed by atoms with Gasteiger partial charge in [-0.3, -0.25) is 0 Å². The predicted octanol–water partition coefficient (Wildman–Crippen LogP) is 2.52. The predicted molar refractivity (Wildman–Crippen MR) is 50.5 cm³/mol. The van der Waals surface area contributed by atoms with Gasteiger partial charge in [-0.1, -0.05) is 26.8 Å². The fourth-order valence-electron chi connectivity index (χ4n) is 1.25. The molecule has 0 aliphatic carbocycles. The third kappa shape index (κ3) is 1.41. The van der Waals surface area contributed by atoms with E-state index in [1.54, 1.807) is 0 Å². The van der Waals surface area contributed by atoms with E-state index in [0.717, 1.165) is 11.1 Å². The van der Waals surface area contributed by atoms with Crippen LogP contribution in [0.1, 0.15) is 26.3 Å². The Labute approximate surface area is 76.7 Å². The standard InChI is InChI=1S/C10H12N2O/c1-10(2,3)7-4-5-9-8(6-7)11-12-13-9/h4-6H,1-3H3. The molecule has 1 heterocycles. The van der Waals surface area contributed by atoms with Crippen LogP contribution in [0.4, 0.5) is 0 Å². The van der Waals surface area contributed by atoms with Crippen molar-refractivity contribution in [2.45, 2.75) is 26.2 Å². The zero-order valence-electron chi connectivity index (χ0n) is 8.03. The van der Waals surface area contributed by atoms with E-state index in [2.05, 4.69) is 37.2 Å². The summed E-state index contributed by atoms with van der Waals surface area (Å²) < 4.78 is 4.92. The SMILES string of the molecule is CC(C)(C)c1ccc2onnc2c1. The molecule has 3 nitrogen and oxygen atoms in total. The second kappa shape index (κ2) is 2.55. The van der Waals surface area contributed by atoms with E-state index in [1.807, 2.05) is 12.1 Å². The van der Waals surface area contributed by atoms with Gasteiger partial charge in [0.1, 0.15) is 5.52 Å². The van der Waals surface area contributed by atoms with Crippen molar-refractivity contribution in [2.24, 2.45) is 0 Å². The lowest BCUT2D eigenvalue weighted by atomic mass is 9.87. The van der Waals surface area contributed by atoms with Crippen LogP contribution in [0.15, 0.2) is 22.7 Å². The van der Waals surface area contributed by atoms with Crippen molar-refractivity contribution in [1.82, 2.24) is 10.4 Å². The molecule has 1 aromatic carbocycles. The van der Waals surface area contributed by atoms with Gasteiger partial charge in [0.05, 0.1) is 0 Å². The smallest absolute Gasteiger partial charge is 0.187 e. The normalized spacial score (nSPS) is 12.2. The van der Waals surface area contributed by atoms with Crippen molar-refractivity contribution in [3.63, 3.8) is 0 Å². The Morgan fingerprint density at radius 3 is 2.69 bits per heavy atom. The largest absolute Gasteiger partial charge is 0.337 e. The molecule has 0 N–H and O–H groups in total. The fraction of sp³-hybridized carbons (Fsp3) is 0.400. The minimum atomic E-state index is 0.146. The summed E-state index contributed by atoms with van der Waals surface area (Å²) in [6.45, 7) is 6.50. The summed E-state index contributed by atoms with van der Waals surface area (Å²) in [6, 6.07) is 5.98. The van der Waals surface area contributed by atoms with Gasteiger partial charge >= 0.3 is 0 Å². The Morgan fingerprint density at radius 1 is 1.23 bits per heavy atom. The van der Waals surface area contributed by atoms with E-state index in [-0.39, 0.29) is 5.41 Å². The first-order valence-electron chi connectivity index (χ1n) is 4.30. The van der Waals surface area contributed by atoms with Crippen LogP contribution < -0.4 is 0 Å². The van der Waals surface area contributed by atoms with E-state index in [1.165, 1.54) is 5.56 Å². The quantitative estimate of drug-likeness (QED) is 0.619. The van der Waals surface area contributed by atoms with E-state index in [0.29, 0.717) is 0 Å². The van der Waals surface area contributed by atoms with Crippen LogP contribution in [0.5, 0.6) is 0 Å². The van der Waals surface area contributed by atoms with Crippen molar-refractivity contribution in [1.29, 1.82) is 0 Å². The molecule has 68 valence electrons.